The van der Waals surface area contributed by atoms with Crippen molar-refractivity contribution in [3.63, 3.8) is 0 Å². The van der Waals surface area contributed by atoms with Crippen LogP contribution < -0.4 is 11.1 Å². The van der Waals surface area contributed by atoms with Crippen molar-refractivity contribution in [3.05, 3.63) is 0 Å². The lowest BCUT2D eigenvalue weighted by atomic mass is 10.1. The quantitative estimate of drug-likeness (QED) is 0.601. The van der Waals surface area contributed by atoms with Gasteiger partial charge in [0.2, 0.25) is 0 Å². The van der Waals surface area contributed by atoms with Crippen LogP contribution in [0.5, 0.6) is 0 Å². The molecule has 0 heterocycles. The molecule has 0 radical (unpaired) electrons. The highest BCUT2D eigenvalue weighted by molar-refractivity contribution is 7.98. The highest BCUT2D eigenvalue weighted by Gasteiger charge is 2.12. The topological polar surface area (TPSA) is 47.3 Å². The number of hydrogen-bond donors (Lipinski definition) is 2. The normalized spacial score (nSPS) is 15.2. The number of nitrogens with one attached hydrogen (secondary N) is 1. The van der Waals surface area contributed by atoms with E-state index < -0.39 is 0 Å². The van der Waals surface area contributed by atoms with E-state index in [1.54, 1.807) is 7.11 Å². The lowest BCUT2D eigenvalue weighted by Gasteiger charge is -2.24. The maximum absolute atomic E-state index is 5.52. The molecule has 0 saturated carbocycles. The molecule has 0 aliphatic heterocycles. The van der Waals surface area contributed by atoms with Gasteiger partial charge < -0.3 is 15.8 Å². The van der Waals surface area contributed by atoms with Crippen molar-refractivity contribution in [3.8, 4) is 0 Å². The third kappa shape index (κ3) is 8.08. The molecule has 2 unspecified atom stereocenters. The number of ether oxygens (including phenoxy) is 1. The second-order valence-electron chi connectivity index (χ2n) is 3.81. The third-order valence-corrected chi connectivity index (χ3v) is 3.19. The van der Waals surface area contributed by atoms with Gasteiger partial charge in [0.25, 0.3) is 0 Å². The fraction of sp³-hybridized carbons (Fsp3) is 1.00. The first-order valence-electron chi connectivity index (χ1n) is 5.72. The highest BCUT2D eigenvalue weighted by atomic mass is 32.2. The van der Waals surface area contributed by atoms with Crippen LogP contribution in [0.3, 0.4) is 0 Å². The van der Waals surface area contributed by atoms with E-state index in [1.807, 2.05) is 11.8 Å². The first-order valence-corrected chi connectivity index (χ1v) is 7.11. The van der Waals surface area contributed by atoms with Gasteiger partial charge in [0.1, 0.15) is 0 Å². The molecular formula is C11H26N2OS. The monoisotopic (exact) mass is 234 g/mol. The van der Waals surface area contributed by atoms with Crippen LogP contribution >= 0.6 is 11.8 Å². The Morgan fingerprint density at radius 1 is 1.40 bits per heavy atom. The summed E-state index contributed by atoms with van der Waals surface area (Å²) >= 11 is 1.89. The Labute approximate surface area is 98.5 Å². The van der Waals surface area contributed by atoms with Crippen molar-refractivity contribution in [2.24, 2.45) is 5.73 Å². The van der Waals surface area contributed by atoms with Gasteiger partial charge in [-0.05, 0) is 32.1 Å². The molecule has 0 amide bonds. The molecule has 4 heteroatoms. The molecule has 0 aromatic carbocycles. The molecule has 0 aromatic rings. The van der Waals surface area contributed by atoms with Gasteiger partial charge in [-0.2, -0.15) is 11.8 Å². The van der Waals surface area contributed by atoms with Crippen molar-refractivity contribution in [2.45, 2.75) is 38.3 Å². The number of hydrogen-bond acceptors (Lipinski definition) is 4. The fourth-order valence-corrected chi connectivity index (χ4v) is 2.33. The molecule has 0 aromatic heterocycles. The molecule has 15 heavy (non-hydrogen) atoms. The standard InChI is InChI=1S/C11H26N2OS/c1-4-10(9-15-3)13-11(8-14-2)6-5-7-12/h10-11,13H,4-9,12H2,1-3H3. The molecule has 0 fully saturated rings. The molecule has 0 rings (SSSR count). The van der Waals surface area contributed by atoms with Crippen molar-refractivity contribution in [1.29, 1.82) is 0 Å². The van der Waals surface area contributed by atoms with E-state index in [0.29, 0.717) is 12.1 Å². The van der Waals surface area contributed by atoms with Gasteiger partial charge in [-0.25, -0.2) is 0 Å². The summed E-state index contributed by atoms with van der Waals surface area (Å²) in [5.41, 5.74) is 5.52. The number of nitrogens with two attached hydrogens (primary N) is 1. The lowest BCUT2D eigenvalue weighted by molar-refractivity contribution is 0.156. The number of thioether (sulfide) groups is 1. The maximum atomic E-state index is 5.52. The fourth-order valence-electron chi connectivity index (χ4n) is 1.60. The van der Waals surface area contributed by atoms with E-state index in [0.717, 1.165) is 26.0 Å². The van der Waals surface area contributed by atoms with Crippen LogP contribution in [0.1, 0.15) is 26.2 Å². The first-order chi connectivity index (χ1) is 7.28. The zero-order chi connectivity index (χ0) is 11.5. The zero-order valence-corrected chi connectivity index (χ0v) is 11.1. The van der Waals surface area contributed by atoms with Crippen LogP contribution in [-0.2, 0) is 4.74 Å². The number of methoxy groups -OCH3 is 1. The minimum Gasteiger partial charge on any atom is -0.383 e. The molecular weight excluding hydrogens is 208 g/mol. The Hall–Kier alpha value is 0.230. The second-order valence-corrected chi connectivity index (χ2v) is 4.72. The van der Waals surface area contributed by atoms with Gasteiger partial charge in [-0.15, -0.1) is 0 Å². The summed E-state index contributed by atoms with van der Waals surface area (Å²) < 4.78 is 5.21. The summed E-state index contributed by atoms with van der Waals surface area (Å²) in [6.45, 7) is 3.77. The van der Waals surface area contributed by atoms with Gasteiger partial charge in [0.05, 0.1) is 6.61 Å². The summed E-state index contributed by atoms with van der Waals surface area (Å²) in [4.78, 5) is 0. The molecule has 0 aliphatic rings. The van der Waals surface area contributed by atoms with E-state index >= 15 is 0 Å². The molecule has 2 atom stereocenters. The van der Waals surface area contributed by atoms with Crippen LogP contribution in [0, 0.1) is 0 Å². The summed E-state index contributed by atoms with van der Waals surface area (Å²) in [5.74, 6) is 1.17. The van der Waals surface area contributed by atoms with E-state index in [4.69, 9.17) is 10.5 Å². The van der Waals surface area contributed by atoms with Gasteiger partial charge in [-0.1, -0.05) is 6.92 Å². The molecule has 0 saturated heterocycles. The summed E-state index contributed by atoms with van der Waals surface area (Å²) in [7, 11) is 1.76. The van der Waals surface area contributed by atoms with E-state index in [9.17, 15) is 0 Å². The molecule has 0 bridgehead atoms. The average Bonchev–Trinajstić information content (AvgIpc) is 2.25. The van der Waals surface area contributed by atoms with Crippen LogP contribution in [0.2, 0.25) is 0 Å². The van der Waals surface area contributed by atoms with Crippen LogP contribution in [0.25, 0.3) is 0 Å². The van der Waals surface area contributed by atoms with Crippen LogP contribution in [-0.4, -0.2) is 44.4 Å². The Morgan fingerprint density at radius 3 is 2.60 bits per heavy atom. The van der Waals surface area contributed by atoms with Crippen molar-refractivity contribution >= 4 is 11.8 Å². The minimum atomic E-state index is 0.454. The maximum Gasteiger partial charge on any atom is 0.0615 e. The minimum absolute atomic E-state index is 0.454. The predicted octanol–water partition coefficient (Wildman–Crippen LogP) is 1.47. The van der Waals surface area contributed by atoms with Gasteiger partial charge in [0.15, 0.2) is 0 Å². The highest BCUT2D eigenvalue weighted by Crippen LogP contribution is 2.05. The Kier molecular flexibility index (Phi) is 10.9. The zero-order valence-electron chi connectivity index (χ0n) is 10.3. The molecule has 0 spiro atoms. The largest absolute Gasteiger partial charge is 0.383 e. The van der Waals surface area contributed by atoms with Crippen molar-refractivity contribution in [2.75, 3.05) is 32.3 Å². The molecule has 3 N–H and O–H groups in total. The lowest BCUT2D eigenvalue weighted by Crippen LogP contribution is -2.42. The van der Waals surface area contributed by atoms with Gasteiger partial charge in [0, 0.05) is 24.9 Å². The Balaban J connectivity index is 3.87. The van der Waals surface area contributed by atoms with E-state index in [-0.39, 0.29) is 0 Å². The van der Waals surface area contributed by atoms with Gasteiger partial charge >= 0.3 is 0 Å². The summed E-state index contributed by atoms with van der Waals surface area (Å²) in [6, 6.07) is 1.05. The van der Waals surface area contributed by atoms with Crippen molar-refractivity contribution in [1.82, 2.24) is 5.32 Å². The summed E-state index contributed by atoms with van der Waals surface area (Å²) in [5, 5.41) is 3.64. The third-order valence-electron chi connectivity index (χ3n) is 2.46. The summed E-state index contributed by atoms with van der Waals surface area (Å²) in [6.07, 6.45) is 5.49. The van der Waals surface area contributed by atoms with E-state index in [1.165, 1.54) is 12.2 Å². The van der Waals surface area contributed by atoms with Crippen molar-refractivity contribution < 1.29 is 4.74 Å². The Bertz CT molecular complexity index is 136. The molecule has 0 aliphatic carbocycles. The van der Waals surface area contributed by atoms with Crippen LogP contribution in [0.15, 0.2) is 0 Å². The smallest absolute Gasteiger partial charge is 0.0615 e. The SMILES string of the molecule is CCC(CSC)NC(CCCN)COC. The number of rotatable bonds is 10. The van der Waals surface area contributed by atoms with E-state index in [2.05, 4.69) is 18.5 Å². The molecule has 3 nitrogen and oxygen atoms in total. The average molecular weight is 234 g/mol. The Morgan fingerprint density at radius 2 is 2.13 bits per heavy atom. The second kappa shape index (κ2) is 10.7. The predicted molar refractivity (Wildman–Crippen MR) is 69.5 cm³/mol. The molecule has 92 valence electrons. The van der Waals surface area contributed by atoms with Gasteiger partial charge in [-0.3, -0.25) is 0 Å². The van der Waals surface area contributed by atoms with Crippen LogP contribution in [0.4, 0.5) is 0 Å². The first kappa shape index (κ1) is 15.2.